The minimum absolute atomic E-state index is 0.0762. The normalized spacial score (nSPS) is 31.1. The van der Waals surface area contributed by atoms with Crippen molar-refractivity contribution in [2.75, 3.05) is 0 Å². The van der Waals surface area contributed by atoms with Crippen LogP contribution < -0.4 is 0 Å². The Morgan fingerprint density at radius 2 is 1.93 bits per heavy atom. The van der Waals surface area contributed by atoms with Crippen molar-refractivity contribution in [3.8, 4) is 0 Å². The molecule has 1 aliphatic carbocycles. The molecule has 1 spiro atoms. The lowest BCUT2D eigenvalue weighted by atomic mass is 9.71. The Balaban J connectivity index is 2.09. The molecule has 14 heavy (non-hydrogen) atoms. The van der Waals surface area contributed by atoms with Gasteiger partial charge in [-0.3, -0.25) is 4.79 Å². The number of carbonyl (C=O) groups excluding carboxylic acids is 1. The highest BCUT2D eigenvalue weighted by molar-refractivity contribution is 5.79. The van der Waals surface area contributed by atoms with E-state index in [-0.39, 0.29) is 17.5 Å². The number of rotatable bonds is 1. The summed E-state index contributed by atoms with van der Waals surface area (Å²) in [6, 6.07) is 0. The van der Waals surface area contributed by atoms with Gasteiger partial charge in [-0.05, 0) is 18.8 Å². The summed E-state index contributed by atoms with van der Waals surface area (Å²) < 4.78 is 5.48. The van der Waals surface area contributed by atoms with Crippen molar-refractivity contribution in [2.24, 2.45) is 11.3 Å². The molecule has 0 aromatic rings. The van der Waals surface area contributed by atoms with Gasteiger partial charge in [-0.15, -0.1) is 0 Å². The van der Waals surface area contributed by atoms with Crippen molar-refractivity contribution in [1.29, 1.82) is 0 Å². The average Bonchev–Trinajstić information content (AvgIpc) is 2.46. The second-order valence-corrected chi connectivity index (χ2v) is 5.23. The van der Waals surface area contributed by atoms with Gasteiger partial charge in [-0.2, -0.15) is 0 Å². The summed E-state index contributed by atoms with van der Waals surface area (Å²) in [4.78, 5) is 11.8. The number of esters is 1. The topological polar surface area (TPSA) is 26.3 Å². The summed E-state index contributed by atoms with van der Waals surface area (Å²) >= 11 is 0. The maximum atomic E-state index is 11.8. The quantitative estimate of drug-likeness (QED) is 0.603. The molecule has 0 aromatic heterocycles. The molecule has 1 aliphatic heterocycles. The summed E-state index contributed by atoms with van der Waals surface area (Å²) in [5.74, 6) is 0.566. The Morgan fingerprint density at radius 3 is 2.43 bits per heavy atom. The van der Waals surface area contributed by atoms with Gasteiger partial charge in [0.2, 0.25) is 0 Å². The van der Waals surface area contributed by atoms with Crippen LogP contribution in [0, 0.1) is 11.3 Å². The van der Waals surface area contributed by atoms with E-state index < -0.39 is 0 Å². The van der Waals surface area contributed by atoms with Gasteiger partial charge in [0.15, 0.2) is 0 Å². The molecule has 2 nitrogen and oxygen atoms in total. The Bertz CT molecular complexity index is 226. The van der Waals surface area contributed by atoms with Crippen molar-refractivity contribution < 1.29 is 9.53 Å². The SMILES string of the molecule is CC(C)C1CC2(CCCCC2)C(=O)O1. The third kappa shape index (κ3) is 1.55. The highest BCUT2D eigenvalue weighted by Gasteiger charge is 2.49. The first kappa shape index (κ1) is 10.0. The lowest BCUT2D eigenvalue weighted by Crippen LogP contribution is -2.29. The number of hydrogen-bond acceptors (Lipinski definition) is 2. The van der Waals surface area contributed by atoms with E-state index in [4.69, 9.17) is 4.74 Å². The molecule has 1 unspecified atom stereocenters. The van der Waals surface area contributed by atoms with Crippen LogP contribution in [0.4, 0.5) is 0 Å². The van der Waals surface area contributed by atoms with E-state index in [0.29, 0.717) is 5.92 Å². The predicted octanol–water partition coefficient (Wildman–Crippen LogP) is 2.91. The monoisotopic (exact) mass is 196 g/mol. The van der Waals surface area contributed by atoms with Gasteiger partial charge in [0.1, 0.15) is 6.10 Å². The number of ether oxygens (including phenoxy) is 1. The van der Waals surface area contributed by atoms with Crippen LogP contribution >= 0.6 is 0 Å². The number of carbonyl (C=O) groups is 1. The van der Waals surface area contributed by atoms with Crippen molar-refractivity contribution in [3.05, 3.63) is 0 Å². The van der Waals surface area contributed by atoms with Crippen molar-refractivity contribution >= 4 is 5.97 Å². The fourth-order valence-electron chi connectivity index (χ4n) is 2.78. The molecule has 1 atom stereocenters. The van der Waals surface area contributed by atoms with Crippen molar-refractivity contribution in [3.63, 3.8) is 0 Å². The third-order valence-corrected chi connectivity index (χ3v) is 3.84. The molecular weight excluding hydrogens is 176 g/mol. The van der Waals surface area contributed by atoms with Crippen LogP contribution in [0.25, 0.3) is 0 Å². The summed E-state index contributed by atoms with van der Waals surface area (Å²) in [6.07, 6.45) is 7.00. The molecule has 1 saturated carbocycles. The van der Waals surface area contributed by atoms with Gasteiger partial charge < -0.3 is 4.74 Å². The van der Waals surface area contributed by atoms with E-state index in [2.05, 4.69) is 13.8 Å². The molecule has 0 N–H and O–H groups in total. The average molecular weight is 196 g/mol. The van der Waals surface area contributed by atoms with E-state index in [1.807, 2.05) is 0 Å². The van der Waals surface area contributed by atoms with Gasteiger partial charge >= 0.3 is 5.97 Å². The maximum Gasteiger partial charge on any atom is 0.312 e. The summed E-state index contributed by atoms with van der Waals surface area (Å²) in [7, 11) is 0. The van der Waals surface area contributed by atoms with Gasteiger partial charge in [0, 0.05) is 6.42 Å². The lowest BCUT2D eigenvalue weighted by molar-refractivity contribution is -0.151. The van der Waals surface area contributed by atoms with Crippen LogP contribution in [0.5, 0.6) is 0 Å². The molecule has 0 amide bonds. The van der Waals surface area contributed by atoms with Crippen LogP contribution in [0.1, 0.15) is 52.4 Å². The molecule has 1 heterocycles. The molecule has 0 bridgehead atoms. The zero-order valence-corrected chi connectivity index (χ0v) is 9.21. The fraction of sp³-hybridized carbons (Fsp3) is 0.917. The van der Waals surface area contributed by atoms with Crippen molar-refractivity contribution in [1.82, 2.24) is 0 Å². The van der Waals surface area contributed by atoms with E-state index in [1.165, 1.54) is 19.3 Å². The Labute approximate surface area is 86.0 Å². The first-order valence-corrected chi connectivity index (χ1v) is 5.85. The summed E-state index contributed by atoms with van der Waals surface area (Å²) in [5, 5.41) is 0. The lowest BCUT2D eigenvalue weighted by Gasteiger charge is -2.28. The van der Waals surface area contributed by atoms with Crippen LogP contribution in [0.3, 0.4) is 0 Å². The molecule has 2 fully saturated rings. The Hall–Kier alpha value is -0.530. The first-order valence-electron chi connectivity index (χ1n) is 5.85. The number of hydrogen-bond donors (Lipinski definition) is 0. The van der Waals surface area contributed by atoms with E-state index >= 15 is 0 Å². The van der Waals surface area contributed by atoms with Gasteiger partial charge in [-0.1, -0.05) is 33.1 Å². The summed E-state index contributed by atoms with van der Waals surface area (Å²) in [5.41, 5.74) is -0.0762. The van der Waals surface area contributed by atoms with Gasteiger partial charge in [-0.25, -0.2) is 0 Å². The molecule has 2 heteroatoms. The standard InChI is InChI=1S/C12H20O2/c1-9(2)10-8-12(11(13)14-10)6-4-3-5-7-12/h9-10H,3-8H2,1-2H3. The fourth-order valence-corrected chi connectivity index (χ4v) is 2.78. The molecule has 2 aliphatic rings. The molecule has 2 rings (SSSR count). The van der Waals surface area contributed by atoms with Crippen LogP contribution in [0.15, 0.2) is 0 Å². The van der Waals surface area contributed by atoms with Crippen molar-refractivity contribution in [2.45, 2.75) is 58.5 Å². The molecule has 80 valence electrons. The second kappa shape index (κ2) is 3.56. The predicted molar refractivity (Wildman–Crippen MR) is 54.9 cm³/mol. The third-order valence-electron chi connectivity index (χ3n) is 3.84. The molecule has 0 radical (unpaired) electrons. The molecule has 0 aromatic carbocycles. The van der Waals surface area contributed by atoms with E-state index in [1.54, 1.807) is 0 Å². The summed E-state index contributed by atoms with van der Waals surface area (Å²) in [6.45, 7) is 4.28. The van der Waals surface area contributed by atoms with Crippen LogP contribution in [-0.4, -0.2) is 12.1 Å². The zero-order chi connectivity index (χ0) is 10.2. The van der Waals surface area contributed by atoms with E-state index in [9.17, 15) is 4.79 Å². The van der Waals surface area contributed by atoms with Crippen LogP contribution in [-0.2, 0) is 9.53 Å². The zero-order valence-electron chi connectivity index (χ0n) is 9.21. The smallest absolute Gasteiger partial charge is 0.312 e. The Morgan fingerprint density at radius 1 is 1.29 bits per heavy atom. The first-order chi connectivity index (χ1) is 6.64. The number of cyclic esters (lactones) is 1. The van der Waals surface area contributed by atoms with Gasteiger partial charge in [0.25, 0.3) is 0 Å². The van der Waals surface area contributed by atoms with Gasteiger partial charge in [0.05, 0.1) is 5.41 Å². The largest absolute Gasteiger partial charge is 0.462 e. The minimum Gasteiger partial charge on any atom is -0.462 e. The molecule has 1 saturated heterocycles. The second-order valence-electron chi connectivity index (χ2n) is 5.23. The molecular formula is C12H20O2. The highest BCUT2D eigenvalue weighted by Crippen LogP contribution is 2.47. The minimum atomic E-state index is -0.0762. The van der Waals surface area contributed by atoms with E-state index in [0.717, 1.165) is 19.3 Å². The Kier molecular flexibility index (Phi) is 2.54. The maximum absolute atomic E-state index is 11.8. The van der Waals surface area contributed by atoms with Crippen LogP contribution in [0.2, 0.25) is 0 Å². The highest BCUT2D eigenvalue weighted by atomic mass is 16.6.